The normalized spacial score (nSPS) is 22.2. The van der Waals surface area contributed by atoms with Gasteiger partial charge in [0.25, 0.3) is 5.91 Å². The summed E-state index contributed by atoms with van der Waals surface area (Å²) in [5, 5.41) is 8.59. The molecule has 209 valence electrons. The standard InChI is InChI=1S/C27H41N6O4S/c1-17-21(19-10-5-3-6-11-19)16-22(30-24(17)20-12-7-4-8-13-20)25(29)31-38(36,37)32-26(34)23-14-9-15-33(23)27(35)18(2)28/h16,18-20,23H,1,3-15,28H2,2H3,(H2,29,31)(H,32,34)/t18-,23-/m0/s1. The Hall–Kier alpha value is -2.53. The first-order valence-electron chi connectivity index (χ1n) is 13.9. The Balaban J connectivity index is 1.54. The molecule has 38 heavy (non-hydrogen) atoms. The molecule has 1 radical (unpaired) electrons. The topological polar surface area (TPSA) is 158 Å². The number of amidine groups is 1. The van der Waals surface area contributed by atoms with Gasteiger partial charge in [-0.05, 0) is 75.5 Å². The van der Waals surface area contributed by atoms with E-state index in [0.29, 0.717) is 25.3 Å². The van der Waals surface area contributed by atoms with Gasteiger partial charge in [-0.15, -0.1) is 0 Å². The third-order valence-corrected chi connectivity index (χ3v) is 9.13. The lowest BCUT2D eigenvalue weighted by atomic mass is 9.79. The van der Waals surface area contributed by atoms with Gasteiger partial charge in [0.2, 0.25) is 5.91 Å². The van der Waals surface area contributed by atoms with Crippen molar-refractivity contribution >= 4 is 27.9 Å². The molecule has 2 atom stereocenters. The predicted molar refractivity (Wildman–Crippen MR) is 146 cm³/mol. The maximum atomic E-state index is 12.9. The third-order valence-electron chi connectivity index (χ3n) is 8.18. The number of carbonyl (C=O) groups excluding carboxylic acids is 2. The van der Waals surface area contributed by atoms with Gasteiger partial charge in [0.1, 0.15) is 11.7 Å². The first-order valence-corrected chi connectivity index (χ1v) is 15.4. The fraction of sp³-hybridized carbons (Fsp3) is 0.667. The van der Waals surface area contributed by atoms with Crippen LogP contribution in [0.15, 0.2) is 6.07 Å². The molecular formula is C27H41N6O4S. The van der Waals surface area contributed by atoms with Crippen molar-refractivity contribution in [2.45, 2.75) is 108 Å². The number of nitrogens with zero attached hydrogens (tertiary/aromatic N) is 2. The highest BCUT2D eigenvalue weighted by atomic mass is 32.2. The number of amides is 2. The van der Waals surface area contributed by atoms with Crippen LogP contribution in [0.25, 0.3) is 0 Å². The SMILES string of the molecule is [CH2]c1c(C2CCCCC2)cc(C(=N)NS(=O)(=O)NC(=O)[C@@H]2CCCN2C(=O)[C@H](C)N)nc1C1CCCCC1. The Bertz CT molecular complexity index is 1120. The minimum atomic E-state index is -4.42. The lowest BCUT2D eigenvalue weighted by Gasteiger charge is -2.29. The molecule has 2 aliphatic carbocycles. The van der Waals surface area contributed by atoms with Gasteiger partial charge in [-0.25, -0.2) is 14.4 Å². The molecular weight excluding hydrogens is 504 g/mol. The van der Waals surface area contributed by atoms with Gasteiger partial charge in [0.15, 0.2) is 5.84 Å². The summed E-state index contributed by atoms with van der Waals surface area (Å²) in [7, 11) is -4.42. The van der Waals surface area contributed by atoms with E-state index in [9.17, 15) is 18.0 Å². The van der Waals surface area contributed by atoms with Gasteiger partial charge in [0.05, 0.1) is 6.04 Å². The summed E-state index contributed by atoms with van der Waals surface area (Å²) < 4.78 is 29.9. The number of carbonyl (C=O) groups is 2. The highest BCUT2D eigenvalue weighted by Crippen LogP contribution is 2.39. The zero-order chi connectivity index (χ0) is 27.4. The van der Waals surface area contributed by atoms with Crippen LogP contribution < -0.4 is 15.2 Å². The number of nitrogens with one attached hydrogen (secondary N) is 3. The summed E-state index contributed by atoms with van der Waals surface area (Å²) in [4.78, 5) is 31.2. The molecule has 0 aromatic carbocycles. The van der Waals surface area contributed by atoms with Crippen LogP contribution in [-0.2, 0) is 19.8 Å². The van der Waals surface area contributed by atoms with E-state index in [-0.39, 0.29) is 11.6 Å². The van der Waals surface area contributed by atoms with Crippen LogP contribution in [0.2, 0.25) is 0 Å². The van der Waals surface area contributed by atoms with Crippen LogP contribution in [0.4, 0.5) is 0 Å². The molecule has 3 fully saturated rings. The van der Waals surface area contributed by atoms with E-state index in [4.69, 9.17) is 16.1 Å². The number of aromatic nitrogens is 1. The average Bonchev–Trinajstić information content (AvgIpc) is 3.39. The molecule has 4 rings (SSSR count). The monoisotopic (exact) mass is 545 g/mol. The molecule has 3 aliphatic rings. The van der Waals surface area contributed by atoms with Gasteiger partial charge in [-0.2, -0.15) is 8.42 Å². The zero-order valence-electron chi connectivity index (χ0n) is 22.3. The highest BCUT2D eigenvalue weighted by molar-refractivity contribution is 7.88. The summed E-state index contributed by atoms with van der Waals surface area (Å²) >= 11 is 0. The second kappa shape index (κ2) is 12.1. The van der Waals surface area contributed by atoms with Crippen molar-refractivity contribution < 1.29 is 18.0 Å². The van der Waals surface area contributed by atoms with Gasteiger partial charge >= 0.3 is 10.2 Å². The minimum absolute atomic E-state index is 0.242. The summed E-state index contributed by atoms with van der Waals surface area (Å²) in [6.45, 7) is 6.27. The van der Waals surface area contributed by atoms with E-state index in [1.165, 1.54) is 24.7 Å². The first-order chi connectivity index (χ1) is 18.1. The van der Waals surface area contributed by atoms with Crippen molar-refractivity contribution in [1.29, 1.82) is 5.41 Å². The lowest BCUT2D eigenvalue weighted by Crippen LogP contribution is -2.53. The van der Waals surface area contributed by atoms with Crippen LogP contribution in [0, 0.1) is 12.3 Å². The largest absolute Gasteiger partial charge is 0.329 e. The molecule has 1 aliphatic heterocycles. The van der Waals surface area contributed by atoms with Gasteiger partial charge in [0, 0.05) is 18.2 Å². The second-order valence-electron chi connectivity index (χ2n) is 11.1. The zero-order valence-corrected chi connectivity index (χ0v) is 23.1. The smallest absolute Gasteiger partial charge is 0.324 e. The molecule has 2 saturated carbocycles. The van der Waals surface area contributed by atoms with E-state index in [1.54, 1.807) is 6.07 Å². The summed E-state index contributed by atoms with van der Waals surface area (Å²) in [6, 6.07) is 0.0981. The fourth-order valence-corrected chi connectivity index (χ4v) is 7.03. The molecule has 1 aromatic rings. The van der Waals surface area contributed by atoms with Gasteiger partial charge in [-0.3, -0.25) is 15.0 Å². The molecule has 0 spiro atoms. The van der Waals surface area contributed by atoms with Crippen LogP contribution >= 0.6 is 0 Å². The lowest BCUT2D eigenvalue weighted by molar-refractivity contribution is -0.138. The van der Waals surface area contributed by atoms with Gasteiger partial charge in [-0.1, -0.05) is 38.5 Å². The van der Waals surface area contributed by atoms with Gasteiger partial charge < -0.3 is 10.6 Å². The van der Waals surface area contributed by atoms with Crippen molar-refractivity contribution in [3.63, 3.8) is 0 Å². The summed E-state index contributed by atoms with van der Waals surface area (Å²) in [5.41, 5.74) is 8.78. The van der Waals surface area contributed by atoms with E-state index in [0.717, 1.165) is 68.2 Å². The summed E-state index contributed by atoms with van der Waals surface area (Å²) in [6.07, 6.45) is 12.0. The number of hydrogen-bond acceptors (Lipinski definition) is 7. The van der Waals surface area contributed by atoms with Crippen molar-refractivity contribution in [3.8, 4) is 0 Å². The molecule has 0 unspecified atom stereocenters. The van der Waals surface area contributed by atoms with Crippen molar-refractivity contribution in [2.75, 3.05) is 6.54 Å². The van der Waals surface area contributed by atoms with E-state index in [2.05, 4.69) is 11.6 Å². The number of nitrogens with two attached hydrogens (primary N) is 1. The molecule has 10 nitrogen and oxygen atoms in total. The average molecular weight is 546 g/mol. The maximum Gasteiger partial charge on any atom is 0.324 e. The third kappa shape index (κ3) is 6.54. The number of rotatable bonds is 7. The Morgan fingerprint density at radius 3 is 2.24 bits per heavy atom. The maximum absolute atomic E-state index is 12.9. The van der Waals surface area contributed by atoms with Crippen LogP contribution in [0.5, 0.6) is 0 Å². The second-order valence-corrected chi connectivity index (χ2v) is 12.5. The van der Waals surface area contributed by atoms with Crippen LogP contribution in [-0.4, -0.2) is 54.6 Å². The van der Waals surface area contributed by atoms with Crippen molar-refractivity contribution in [1.82, 2.24) is 19.3 Å². The fourth-order valence-electron chi connectivity index (χ4n) is 6.21. The van der Waals surface area contributed by atoms with Crippen LogP contribution in [0.3, 0.4) is 0 Å². The van der Waals surface area contributed by atoms with E-state index in [1.807, 2.05) is 4.72 Å². The molecule has 11 heteroatoms. The molecule has 0 bridgehead atoms. The molecule has 2 amide bonds. The quantitative estimate of drug-likeness (QED) is 0.305. The van der Waals surface area contributed by atoms with E-state index >= 15 is 0 Å². The molecule has 1 aromatic heterocycles. The van der Waals surface area contributed by atoms with Crippen molar-refractivity contribution in [2.24, 2.45) is 5.73 Å². The summed E-state index contributed by atoms with van der Waals surface area (Å²) in [5.74, 6) is -1.04. The first kappa shape index (κ1) is 28.5. The Morgan fingerprint density at radius 1 is 1.03 bits per heavy atom. The highest BCUT2D eigenvalue weighted by Gasteiger charge is 2.37. The predicted octanol–water partition coefficient (Wildman–Crippen LogP) is 2.97. The van der Waals surface area contributed by atoms with Crippen LogP contribution in [0.1, 0.15) is 118 Å². The number of pyridine rings is 1. The molecule has 5 N–H and O–H groups in total. The minimum Gasteiger partial charge on any atom is -0.329 e. The van der Waals surface area contributed by atoms with E-state index < -0.39 is 39.9 Å². The Morgan fingerprint density at radius 2 is 1.63 bits per heavy atom. The number of likely N-dealkylation sites (tertiary alicyclic amines) is 1. The Labute approximate surface area is 226 Å². The molecule has 2 heterocycles. The molecule has 1 saturated heterocycles. The van der Waals surface area contributed by atoms with Crippen molar-refractivity contribution in [3.05, 3.63) is 35.5 Å². The number of hydrogen-bond donors (Lipinski definition) is 4. The Kier molecular flexibility index (Phi) is 9.07.